The minimum absolute atomic E-state index is 0.344. The van der Waals surface area contributed by atoms with E-state index in [-0.39, 0.29) is 5.97 Å². The lowest BCUT2D eigenvalue weighted by atomic mass is 9.83. The summed E-state index contributed by atoms with van der Waals surface area (Å²) in [5, 5.41) is 10.9. The molecule has 1 N–H and O–H groups in total. The van der Waals surface area contributed by atoms with Crippen molar-refractivity contribution in [3.63, 3.8) is 0 Å². The van der Waals surface area contributed by atoms with Crippen LogP contribution >= 0.6 is 0 Å². The largest absolute Gasteiger partial charge is 0.469 e. The molecule has 0 spiro atoms. The zero-order valence-corrected chi connectivity index (χ0v) is 12.6. The van der Waals surface area contributed by atoms with Crippen molar-refractivity contribution in [2.24, 2.45) is 0 Å². The van der Waals surface area contributed by atoms with Crippen LogP contribution in [0.25, 0.3) is 5.65 Å². The summed E-state index contributed by atoms with van der Waals surface area (Å²) < 4.78 is 20.0. The number of nitrogens with zero attached hydrogens (tertiary/aromatic N) is 4. The Labute approximate surface area is 130 Å². The van der Waals surface area contributed by atoms with E-state index in [1.807, 2.05) is 13.0 Å². The van der Waals surface area contributed by atoms with Crippen molar-refractivity contribution in [2.75, 3.05) is 7.11 Å². The van der Waals surface area contributed by atoms with Crippen molar-refractivity contribution in [3.8, 4) is 0 Å². The molecule has 0 aromatic carbocycles. The summed E-state index contributed by atoms with van der Waals surface area (Å²) in [4.78, 5) is 16.4. The molecule has 0 saturated heterocycles. The van der Waals surface area contributed by atoms with Crippen LogP contribution in [0.3, 0.4) is 0 Å². The molecule has 0 bridgehead atoms. The summed E-state index contributed by atoms with van der Waals surface area (Å²) in [7, 11) is 1.35. The normalized spacial score (nSPS) is 23.2. The fourth-order valence-electron chi connectivity index (χ4n) is 3.49. The minimum Gasteiger partial charge on any atom is -0.469 e. The number of fused-ring (bicyclic) bond motifs is 3. The lowest BCUT2D eigenvalue weighted by Crippen LogP contribution is -2.25. The predicted molar refractivity (Wildman–Crippen MR) is 77.4 cm³/mol. The van der Waals surface area contributed by atoms with Gasteiger partial charge < -0.3 is 4.74 Å². The molecular weight excluding hydrogens is 301 g/mol. The number of hydrogen-bond donors (Lipinski definition) is 1. The molecule has 1 unspecified atom stereocenters. The number of H-pyrrole nitrogens is 1. The van der Waals surface area contributed by atoms with Gasteiger partial charge in [-0.2, -0.15) is 9.49 Å². The molecule has 7 nitrogen and oxygen atoms in total. The highest BCUT2D eigenvalue weighted by Gasteiger charge is 2.48. The smallest absolute Gasteiger partial charge is 0.313 e. The molecule has 3 aromatic heterocycles. The summed E-state index contributed by atoms with van der Waals surface area (Å²) >= 11 is 0. The van der Waals surface area contributed by atoms with Crippen LogP contribution in [0.5, 0.6) is 0 Å². The van der Waals surface area contributed by atoms with Crippen molar-refractivity contribution < 1.29 is 13.9 Å². The minimum atomic E-state index is -0.612. The molecule has 0 fully saturated rings. The van der Waals surface area contributed by atoms with Gasteiger partial charge in [-0.15, -0.1) is 5.10 Å². The van der Waals surface area contributed by atoms with Crippen molar-refractivity contribution in [2.45, 2.75) is 24.7 Å². The monoisotopic (exact) mass is 315 g/mol. The standard InChI is InChI=1S/C15H14FN5O2/c1-15(10-3-4-18-19-10)6-8(14(22)23-2)9-7-17-12-5-11(16)20-21(12)13(9)15/h3-5,7-8H,6H2,1-2H3,(H,18,19)/t8?,15-/m1/s1. The predicted octanol–water partition coefficient (Wildman–Crippen LogP) is 1.56. The maximum Gasteiger partial charge on any atom is 0.313 e. The van der Waals surface area contributed by atoms with Crippen LogP contribution in [-0.2, 0) is 14.9 Å². The first-order chi connectivity index (χ1) is 11.0. The van der Waals surface area contributed by atoms with E-state index in [9.17, 15) is 9.18 Å². The summed E-state index contributed by atoms with van der Waals surface area (Å²) in [6, 6.07) is 3.11. The second-order valence-electron chi connectivity index (χ2n) is 5.88. The molecule has 3 heterocycles. The third kappa shape index (κ3) is 1.81. The first kappa shape index (κ1) is 13.9. The Morgan fingerprint density at radius 2 is 2.39 bits per heavy atom. The lowest BCUT2D eigenvalue weighted by molar-refractivity contribution is -0.142. The highest BCUT2D eigenvalue weighted by Crippen LogP contribution is 2.49. The van der Waals surface area contributed by atoms with Crippen molar-refractivity contribution in [1.82, 2.24) is 24.8 Å². The highest BCUT2D eigenvalue weighted by molar-refractivity contribution is 5.80. The van der Waals surface area contributed by atoms with Crippen molar-refractivity contribution in [1.29, 1.82) is 0 Å². The molecule has 0 radical (unpaired) electrons. The number of carbonyl (C=O) groups is 1. The Kier molecular flexibility index (Phi) is 2.78. The molecule has 0 saturated carbocycles. The average molecular weight is 315 g/mol. The molecular formula is C15H14FN5O2. The number of esters is 1. The molecule has 4 rings (SSSR count). The molecule has 2 atom stereocenters. The molecule has 118 valence electrons. The van der Waals surface area contributed by atoms with Crippen molar-refractivity contribution in [3.05, 3.63) is 47.4 Å². The maximum absolute atomic E-state index is 13.6. The van der Waals surface area contributed by atoms with Gasteiger partial charge in [-0.05, 0) is 19.4 Å². The average Bonchev–Trinajstić information content (AvgIpc) is 3.23. The van der Waals surface area contributed by atoms with Crippen LogP contribution < -0.4 is 0 Å². The molecule has 8 heteroatoms. The molecule has 0 aliphatic heterocycles. The zero-order valence-electron chi connectivity index (χ0n) is 12.6. The Hall–Kier alpha value is -2.77. The quantitative estimate of drug-likeness (QED) is 0.725. The topological polar surface area (TPSA) is 85.2 Å². The van der Waals surface area contributed by atoms with Gasteiger partial charge in [0.1, 0.15) is 0 Å². The molecule has 1 aliphatic carbocycles. The fraction of sp³-hybridized carbons (Fsp3) is 0.333. The van der Waals surface area contributed by atoms with Gasteiger partial charge in [-0.25, -0.2) is 9.50 Å². The summed E-state index contributed by atoms with van der Waals surface area (Å²) in [6.07, 6.45) is 3.72. The lowest BCUT2D eigenvalue weighted by Gasteiger charge is -2.24. The molecule has 0 amide bonds. The van der Waals surface area contributed by atoms with E-state index >= 15 is 0 Å². The number of nitrogens with one attached hydrogen (secondary N) is 1. The molecule has 3 aromatic rings. The fourth-order valence-corrected chi connectivity index (χ4v) is 3.49. The summed E-state index contributed by atoms with van der Waals surface area (Å²) in [5.41, 5.74) is 2.08. The van der Waals surface area contributed by atoms with E-state index < -0.39 is 17.3 Å². The number of carbonyl (C=O) groups excluding carboxylic acids is 1. The van der Waals surface area contributed by atoms with E-state index in [0.717, 1.165) is 11.4 Å². The van der Waals surface area contributed by atoms with Crippen molar-refractivity contribution >= 4 is 11.6 Å². The number of aromatic amines is 1. The van der Waals surface area contributed by atoms with Crippen LogP contribution in [0.2, 0.25) is 0 Å². The van der Waals surface area contributed by atoms with Gasteiger partial charge >= 0.3 is 5.97 Å². The van der Waals surface area contributed by atoms with Gasteiger partial charge in [0.15, 0.2) is 5.65 Å². The van der Waals surface area contributed by atoms with E-state index in [1.54, 1.807) is 12.4 Å². The molecule has 1 aliphatic rings. The maximum atomic E-state index is 13.6. The van der Waals surface area contributed by atoms with Crippen LogP contribution in [0.15, 0.2) is 24.5 Å². The van der Waals surface area contributed by atoms with Gasteiger partial charge in [-0.3, -0.25) is 9.89 Å². The number of hydrogen-bond acceptors (Lipinski definition) is 5. The van der Waals surface area contributed by atoms with Gasteiger partial charge in [0.05, 0.1) is 24.1 Å². The SMILES string of the molecule is COC(=O)C1C[C@](C)(c2ccn[nH]2)c2c1cnc1cc(F)nn21. The number of ether oxygens (including phenoxy) is 1. The Morgan fingerprint density at radius 3 is 3.09 bits per heavy atom. The number of methoxy groups -OCH3 is 1. The number of rotatable bonds is 2. The second kappa shape index (κ2) is 4.61. The second-order valence-corrected chi connectivity index (χ2v) is 5.88. The Morgan fingerprint density at radius 1 is 1.57 bits per heavy atom. The number of halogens is 1. The third-order valence-corrected chi connectivity index (χ3v) is 4.57. The number of aromatic nitrogens is 5. The van der Waals surface area contributed by atoms with Crippen LogP contribution in [0.1, 0.15) is 36.2 Å². The van der Waals surface area contributed by atoms with Gasteiger partial charge in [0.2, 0.25) is 5.95 Å². The van der Waals surface area contributed by atoms with E-state index in [4.69, 9.17) is 4.74 Å². The van der Waals surface area contributed by atoms with Gasteiger partial charge in [-0.1, -0.05) is 0 Å². The van der Waals surface area contributed by atoms with Gasteiger partial charge in [0.25, 0.3) is 0 Å². The molecule has 23 heavy (non-hydrogen) atoms. The van der Waals surface area contributed by atoms with Crippen LogP contribution in [0.4, 0.5) is 4.39 Å². The summed E-state index contributed by atoms with van der Waals surface area (Å²) in [6.45, 7) is 1.97. The first-order valence-electron chi connectivity index (χ1n) is 7.17. The van der Waals surface area contributed by atoms with Crippen LogP contribution in [0, 0.1) is 5.95 Å². The van der Waals surface area contributed by atoms with E-state index in [1.165, 1.54) is 17.7 Å². The Balaban J connectivity index is 2.03. The highest BCUT2D eigenvalue weighted by atomic mass is 19.1. The summed E-state index contributed by atoms with van der Waals surface area (Å²) in [5.74, 6) is -1.44. The van der Waals surface area contributed by atoms with Crippen LogP contribution in [-0.4, -0.2) is 37.9 Å². The van der Waals surface area contributed by atoms with E-state index in [0.29, 0.717) is 17.6 Å². The Bertz CT molecular complexity index is 904. The van der Waals surface area contributed by atoms with E-state index in [2.05, 4.69) is 20.3 Å². The first-order valence-corrected chi connectivity index (χ1v) is 7.17. The zero-order chi connectivity index (χ0) is 16.2. The third-order valence-electron chi connectivity index (χ3n) is 4.57. The van der Waals surface area contributed by atoms with Gasteiger partial charge in [0, 0.05) is 29.7 Å².